The fraction of sp³-hybridized carbons (Fsp3) is 0.429. The van der Waals surface area contributed by atoms with Crippen LogP contribution in [0.25, 0.3) is 0 Å². The summed E-state index contributed by atoms with van der Waals surface area (Å²) >= 11 is 0. The van der Waals surface area contributed by atoms with Crippen molar-refractivity contribution in [2.24, 2.45) is 0 Å². The van der Waals surface area contributed by atoms with E-state index in [1.807, 2.05) is 12.1 Å². The smallest absolute Gasteiger partial charge is 0.119 e. The SMILES string of the molecule is C=C(C)C(Cc1cccc(OC)c1)NCC. The number of ether oxygens (including phenoxy) is 1. The summed E-state index contributed by atoms with van der Waals surface area (Å²) in [6.45, 7) is 9.15. The molecule has 2 heteroatoms. The Morgan fingerprint density at radius 1 is 1.50 bits per heavy atom. The summed E-state index contributed by atoms with van der Waals surface area (Å²) in [5.41, 5.74) is 2.44. The van der Waals surface area contributed by atoms with E-state index in [0.29, 0.717) is 6.04 Å². The highest BCUT2D eigenvalue weighted by atomic mass is 16.5. The van der Waals surface area contributed by atoms with Crippen molar-refractivity contribution in [3.05, 3.63) is 42.0 Å². The number of nitrogens with one attached hydrogen (secondary N) is 1. The predicted octanol–water partition coefficient (Wildman–Crippen LogP) is 2.79. The molecule has 1 rings (SSSR count). The van der Waals surface area contributed by atoms with E-state index in [1.54, 1.807) is 7.11 Å². The minimum absolute atomic E-state index is 0.345. The van der Waals surface area contributed by atoms with Crippen molar-refractivity contribution < 1.29 is 4.74 Å². The lowest BCUT2D eigenvalue weighted by atomic mass is 10.0. The molecule has 16 heavy (non-hydrogen) atoms. The summed E-state index contributed by atoms with van der Waals surface area (Å²) in [4.78, 5) is 0. The summed E-state index contributed by atoms with van der Waals surface area (Å²) in [6, 6.07) is 8.53. The van der Waals surface area contributed by atoms with Gasteiger partial charge in [-0.1, -0.05) is 31.2 Å². The van der Waals surface area contributed by atoms with Gasteiger partial charge in [0.2, 0.25) is 0 Å². The molecule has 1 atom stereocenters. The van der Waals surface area contributed by atoms with Gasteiger partial charge in [0.25, 0.3) is 0 Å². The second kappa shape index (κ2) is 6.33. The van der Waals surface area contributed by atoms with Gasteiger partial charge in [0.05, 0.1) is 7.11 Å². The number of benzene rings is 1. The van der Waals surface area contributed by atoms with Gasteiger partial charge < -0.3 is 10.1 Å². The third kappa shape index (κ3) is 3.70. The third-order valence-corrected chi connectivity index (χ3v) is 2.62. The summed E-state index contributed by atoms with van der Waals surface area (Å²) in [6.07, 6.45) is 0.959. The quantitative estimate of drug-likeness (QED) is 0.743. The molecule has 1 aromatic rings. The Balaban J connectivity index is 2.72. The third-order valence-electron chi connectivity index (χ3n) is 2.62. The number of hydrogen-bond donors (Lipinski definition) is 1. The van der Waals surface area contributed by atoms with Crippen LogP contribution >= 0.6 is 0 Å². The van der Waals surface area contributed by atoms with Crippen LogP contribution in [0.5, 0.6) is 5.75 Å². The normalized spacial score (nSPS) is 12.2. The number of hydrogen-bond acceptors (Lipinski definition) is 2. The highest BCUT2D eigenvalue weighted by Gasteiger charge is 2.09. The first-order chi connectivity index (χ1) is 7.67. The van der Waals surface area contributed by atoms with Crippen molar-refractivity contribution in [1.29, 1.82) is 0 Å². The topological polar surface area (TPSA) is 21.3 Å². The Morgan fingerprint density at radius 2 is 2.25 bits per heavy atom. The Labute approximate surface area is 98.3 Å². The van der Waals surface area contributed by atoms with E-state index >= 15 is 0 Å². The Bertz CT molecular complexity index is 346. The van der Waals surface area contributed by atoms with E-state index in [-0.39, 0.29) is 0 Å². The summed E-state index contributed by atoms with van der Waals surface area (Å²) in [7, 11) is 1.69. The van der Waals surface area contributed by atoms with Gasteiger partial charge >= 0.3 is 0 Å². The van der Waals surface area contributed by atoms with Crippen LogP contribution in [0.4, 0.5) is 0 Å². The van der Waals surface area contributed by atoms with Gasteiger partial charge in [-0.3, -0.25) is 0 Å². The van der Waals surface area contributed by atoms with Crippen molar-refractivity contribution in [2.75, 3.05) is 13.7 Å². The van der Waals surface area contributed by atoms with Crippen molar-refractivity contribution in [3.63, 3.8) is 0 Å². The molecular weight excluding hydrogens is 198 g/mol. The number of methoxy groups -OCH3 is 1. The van der Waals surface area contributed by atoms with Crippen LogP contribution in [-0.4, -0.2) is 19.7 Å². The number of rotatable bonds is 6. The average Bonchev–Trinajstić information content (AvgIpc) is 2.28. The molecule has 0 fully saturated rings. The van der Waals surface area contributed by atoms with E-state index in [2.05, 4.69) is 37.9 Å². The average molecular weight is 219 g/mol. The molecule has 0 aliphatic rings. The van der Waals surface area contributed by atoms with E-state index in [9.17, 15) is 0 Å². The van der Waals surface area contributed by atoms with Crippen LogP contribution in [0.1, 0.15) is 19.4 Å². The number of likely N-dealkylation sites (N-methyl/N-ethyl adjacent to an activating group) is 1. The minimum Gasteiger partial charge on any atom is -0.497 e. The molecule has 0 aliphatic carbocycles. The lowest BCUT2D eigenvalue weighted by Gasteiger charge is -2.18. The molecule has 0 heterocycles. The highest BCUT2D eigenvalue weighted by Crippen LogP contribution is 2.15. The van der Waals surface area contributed by atoms with Crippen LogP contribution in [0.2, 0.25) is 0 Å². The predicted molar refractivity (Wildman–Crippen MR) is 69.0 cm³/mol. The van der Waals surface area contributed by atoms with Crippen LogP contribution < -0.4 is 10.1 Å². The van der Waals surface area contributed by atoms with Crippen molar-refractivity contribution in [2.45, 2.75) is 26.3 Å². The first-order valence-electron chi connectivity index (χ1n) is 5.69. The minimum atomic E-state index is 0.345. The zero-order valence-corrected chi connectivity index (χ0v) is 10.4. The maximum Gasteiger partial charge on any atom is 0.119 e. The largest absolute Gasteiger partial charge is 0.497 e. The molecule has 0 saturated heterocycles. The fourth-order valence-electron chi connectivity index (χ4n) is 1.70. The standard InChI is InChI=1S/C14H21NO/c1-5-15-14(11(2)3)10-12-7-6-8-13(9-12)16-4/h6-9,14-15H,2,5,10H2,1,3-4H3. The van der Waals surface area contributed by atoms with Gasteiger partial charge in [-0.2, -0.15) is 0 Å². The summed E-state index contributed by atoms with van der Waals surface area (Å²) < 4.78 is 5.21. The van der Waals surface area contributed by atoms with Crippen molar-refractivity contribution in [1.82, 2.24) is 5.32 Å². The molecule has 1 N–H and O–H groups in total. The zero-order chi connectivity index (χ0) is 12.0. The Morgan fingerprint density at radius 3 is 2.81 bits per heavy atom. The molecule has 0 saturated carbocycles. The van der Waals surface area contributed by atoms with Gasteiger partial charge in [-0.05, 0) is 37.6 Å². The molecule has 0 aliphatic heterocycles. The lowest BCUT2D eigenvalue weighted by molar-refractivity contribution is 0.414. The second-order valence-electron chi connectivity index (χ2n) is 4.01. The van der Waals surface area contributed by atoms with Gasteiger partial charge in [0.1, 0.15) is 5.75 Å². The molecule has 88 valence electrons. The lowest BCUT2D eigenvalue weighted by Crippen LogP contribution is -2.31. The molecule has 2 nitrogen and oxygen atoms in total. The van der Waals surface area contributed by atoms with E-state index in [0.717, 1.165) is 18.7 Å². The Hall–Kier alpha value is -1.28. The molecular formula is C14H21NO. The molecule has 0 bridgehead atoms. The first kappa shape index (κ1) is 12.8. The van der Waals surface area contributed by atoms with Gasteiger partial charge in [-0.15, -0.1) is 0 Å². The van der Waals surface area contributed by atoms with Crippen LogP contribution in [0.15, 0.2) is 36.4 Å². The maximum atomic E-state index is 5.21. The monoisotopic (exact) mass is 219 g/mol. The maximum absolute atomic E-state index is 5.21. The Kier molecular flexibility index (Phi) is 5.06. The summed E-state index contributed by atoms with van der Waals surface area (Å²) in [5.74, 6) is 0.912. The zero-order valence-electron chi connectivity index (χ0n) is 10.4. The molecule has 1 unspecified atom stereocenters. The van der Waals surface area contributed by atoms with Crippen LogP contribution in [-0.2, 0) is 6.42 Å². The van der Waals surface area contributed by atoms with Crippen LogP contribution in [0.3, 0.4) is 0 Å². The van der Waals surface area contributed by atoms with Crippen molar-refractivity contribution >= 4 is 0 Å². The second-order valence-corrected chi connectivity index (χ2v) is 4.01. The van der Waals surface area contributed by atoms with Gasteiger partial charge in [0, 0.05) is 6.04 Å². The molecule has 1 aromatic carbocycles. The van der Waals surface area contributed by atoms with Gasteiger partial charge in [-0.25, -0.2) is 0 Å². The fourth-order valence-corrected chi connectivity index (χ4v) is 1.70. The van der Waals surface area contributed by atoms with Crippen LogP contribution in [0, 0.1) is 0 Å². The summed E-state index contributed by atoms with van der Waals surface area (Å²) in [5, 5.41) is 3.43. The molecule has 0 spiro atoms. The first-order valence-corrected chi connectivity index (χ1v) is 5.69. The molecule has 0 amide bonds. The highest BCUT2D eigenvalue weighted by molar-refractivity contribution is 5.29. The molecule has 0 aromatic heterocycles. The van der Waals surface area contributed by atoms with E-state index in [4.69, 9.17) is 4.74 Å². The molecule has 0 radical (unpaired) electrons. The van der Waals surface area contributed by atoms with E-state index < -0.39 is 0 Å². The van der Waals surface area contributed by atoms with Crippen molar-refractivity contribution in [3.8, 4) is 5.75 Å². The van der Waals surface area contributed by atoms with E-state index in [1.165, 1.54) is 11.1 Å². The van der Waals surface area contributed by atoms with Gasteiger partial charge in [0.15, 0.2) is 0 Å².